The van der Waals surface area contributed by atoms with Gasteiger partial charge in [-0.15, -0.1) is 11.3 Å². The van der Waals surface area contributed by atoms with E-state index in [1.54, 1.807) is 19.2 Å². The molecule has 1 amide bonds. The lowest BCUT2D eigenvalue weighted by molar-refractivity contribution is 0.0865. The van der Waals surface area contributed by atoms with Gasteiger partial charge in [0, 0.05) is 11.8 Å². The molecule has 0 aliphatic heterocycles. The predicted octanol–water partition coefficient (Wildman–Crippen LogP) is 2.54. The number of carbonyl (C=O) groups excluding carboxylic acids is 1. The third-order valence-corrected chi connectivity index (χ3v) is 3.96. The zero-order valence-electron chi connectivity index (χ0n) is 12.5. The van der Waals surface area contributed by atoms with Crippen LogP contribution < -0.4 is 5.32 Å². The molecule has 2 rings (SSSR count). The molecule has 1 heterocycles. The summed E-state index contributed by atoms with van der Waals surface area (Å²) >= 11 is 1.48. The van der Waals surface area contributed by atoms with Crippen molar-refractivity contribution in [3.8, 4) is 0 Å². The van der Waals surface area contributed by atoms with Crippen molar-refractivity contribution in [2.45, 2.75) is 32.7 Å². The smallest absolute Gasteiger partial charge is 0.271 e. The number of nitrogens with one attached hydrogen (secondary N) is 1. The normalized spacial score (nSPS) is 11.4. The Labute approximate surface area is 128 Å². The molecule has 0 fully saturated rings. The molecule has 4 nitrogen and oxygen atoms in total. The van der Waals surface area contributed by atoms with Crippen LogP contribution in [-0.4, -0.2) is 28.1 Å². The summed E-state index contributed by atoms with van der Waals surface area (Å²) in [5.74, 6) is -0.250. The quantitative estimate of drug-likeness (QED) is 0.892. The summed E-state index contributed by atoms with van der Waals surface area (Å²) in [6.07, 6.45) is 0.724. The maximum atomic E-state index is 12.1. The monoisotopic (exact) mass is 304 g/mol. The number of benzene rings is 1. The highest BCUT2D eigenvalue weighted by Gasteiger charge is 2.21. The van der Waals surface area contributed by atoms with Crippen LogP contribution in [-0.2, 0) is 6.42 Å². The van der Waals surface area contributed by atoms with Gasteiger partial charge >= 0.3 is 0 Å². The van der Waals surface area contributed by atoms with E-state index in [-0.39, 0.29) is 12.5 Å². The van der Waals surface area contributed by atoms with Gasteiger partial charge in [-0.2, -0.15) is 0 Å². The van der Waals surface area contributed by atoms with Crippen molar-refractivity contribution < 1.29 is 9.90 Å². The molecule has 1 aromatic heterocycles. The highest BCUT2D eigenvalue weighted by Crippen LogP contribution is 2.16. The fourth-order valence-electron chi connectivity index (χ4n) is 1.79. The van der Waals surface area contributed by atoms with Crippen LogP contribution in [0.15, 0.2) is 29.6 Å². The van der Waals surface area contributed by atoms with Gasteiger partial charge in [-0.1, -0.05) is 29.8 Å². The predicted molar refractivity (Wildman–Crippen MR) is 84.7 cm³/mol. The largest absolute Gasteiger partial charge is 0.394 e. The Bertz CT molecular complexity index is 617. The molecular weight excluding hydrogens is 284 g/mol. The van der Waals surface area contributed by atoms with Gasteiger partial charge < -0.3 is 10.4 Å². The second-order valence-electron chi connectivity index (χ2n) is 5.78. The summed E-state index contributed by atoms with van der Waals surface area (Å²) in [5.41, 5.74) is 2.17. The highest BCUT2D eigenvalue weighted by molar-refractivity contribution is 7.09. The molecule has 112 valence electrons. The van der Waals surface area contributed by atoms with Crippen molar-refractivity contribution in [3.05, 3.63) is 51.5 Å². The number of aromatic nitrogens is 1. The number of aryl methyl sites for hydroxylation is 1. The second-order valence-corrected chi connectivity index (χ2v) is 6.73. The molecule has 0 atom stereocenters. The Kier molecular flexibility index (Phi) is 4.75. The van der Waals surface area contributed by atoms with Gasteiger partial charge in [0.15, 0.2) is 0 Å². The van der Waals surface area contributed by atoms with Crippen LogP contribution in [0, 0.1) is 6.92 Å². The number of thiazole rings is 1. The van der Waals surface area contributed by atoms with Crippen LogP contribution in [0.2, 0.25) is 0 Å². The third kappa shape index (κ3) is 4.37. The molecule has 0 radical (unpaired) electrons. The maximum absolute atomic E-state index is 12.1. The maximum Gasteiger partial charge on any atom is 0.271 e. The van der Waals surface area contributed by atoms with Crippen molar-refractivity contribution in [2.24, 2.45) is 0 Å². The topological polar surface area (TPSA) is 62.2 Å². The van der Waals surface area contributed by atoms with Gasteiger partial charge in [0.25, 0.3) is 5.91 Å². The number of hydrogen-bond donors (Lipinski definition) is 2. The molecule has 5 heteroatoms. The Balaban J connectivity index is 2.04. The first-order valence-corrected chi connectivity index (χ1v) is 7.71. The molecule has 0 unspecified atom stereocenters. The van der Waals surface area contributed by atoms with E-state index in [1.807, 2.05) is 0 Å². The van der Waals surface area contributed by atoms with Crippen LogP contribution in [0.1, 0.15) is 40.5 Å². The van der Waals surface area contributed by atoms with E-state index in [4.69, 9.17) is 0 Å². The number of aliphatic hydroxyl groups is 1. The van der Waals surface area contributed by atoms with Gasteiger partial charge in [-0.05, 0) is 26.3 Å². The number of aliphatic hydroxyl groups excluding tert-OH is 1. The molecule has 0 aliphatic rings. The van der Waals surface area contributed by atoms with Gasteiger partial charge in [-0.3, -0.25) is 4.79 Å². The van der Waals surface area contributed by atoms with Crippen LogP contribution in [0.5, 0.6) is 0 Å². The number of rotatable bonds is 5. The van der Waals surface area contributed by atoms with E-state index in [9.17, 15) is 9.90 Å². The zero-order valence-corrected chi connectivity index (χ0v) is 13.3. The molecule has 2 N–H and O–H groups in total. The van der Waals surface area contributed by atoms with Gasteiger partial charge in [0.05, 0.1) is 17.2 Å². The van der Waals surface area contributed by atoms with E-state index in [0.717, 1.165) is 11.4 Å². The summed E-state index contributed by atoms with van der Waals surface area (Å²) in [6.45, 7) is 5.48. The Hall–Kier alpha value is -1.72. The van der Waals surface area contributed by atoms with Crippen molar-refractivity contribution in [1.29, 1.82) is 0 Å². The molecule has 0 saturated carbocycles. The fraction of sp³-hybridized carbons (Fsp3) is 0.375. The minimum absolute atomic E-state index is 0.112. The lowest BCUT2D eigenvalue weighted by Gasteiger charge is -2.22. The minimum Gasteiger partial charge on any atom is -0.394 e. The molecule has 21 heavy (non-hydrogen) atoms. The summed E-state index contributed by atoms with van der Waals surface area (Å²) in [4.78, 5) is 16.4. The van der Waals surface area contributed by atoms with Crippen molar-refractivity contribution in [2.75, 3.05) is 6.61 Å². The Morgan fingerprint density at radius 3 is 2.62 bits per heavy atom. The minimum atomic E-state index is -0.641. The molecular formula is C16H20N2O2S. The van der Waals surface area contributed by atoms with E-state index < -0.39 is 5.54 Å². The first-order chi connectivity index (χ1) is 9.89. The van der Waals surface area contributed by atoms with E-state index >= 15 is 0 Å². The first kappa shape index (κ1) is 15.7. The number of amides is 1. The summed E-state index contributed by atoms with van der Waals surface area (Å²) in [5, 5.41) is 14.6. The average Bonchev–Trinajstić information content (AvgIpc) is 2.90. The van der Waals surface area contributed by atoms with Crippen LogP contribution in [0.4, 0.5) is 0 Å². The van der Waals surface area contributed by atoms with Crippen LogP contribution >= 0.6 is 11.3 Å². The standard InChI is InChI=1S/C16H20N2O2S/c1-11-4-6-12(7-5-11)8-14-17-13(9-21-14)15(20)18-16(2,3)10-19/h4-7,9,19H,8,10H2,1-3H3,(H,18,20). The highest BCUT2D eigenvalue weighted by atomic mass is 32.1. The van der Waals surface area contributed by atoms with E-state index in [0.29, 0.717) is 5.69 Å². The van der Waals surface area contributed by atoms with E-state index in [1.165, 1.54) is 22.5 Å². The van der Waals surface area contributed by atoms with Gasteiger partial charge in [0.2, 0.25) is 0 Å². The molecule has 2 aromatic rings. The molecule has 1 aromatic carbocycles. The lowest BCUT2D eigenvalue weighted by Crippen LogP contribution is -2.46. The molecule has 0 bridgehead atoms. The molecule has 0 aliphatic carbocycles. The van der Waals surface area contributed by atoms with Crippen molar-refractivity contribution in [3.63, 3.8) is 0 Å². The van der Waals surface area contributed by atoms with Crippen LogP contribution in [0.25, 0.3) is 0 Å². The fourth-order valence-corrected chi connectivity index (χ4v) is 2.60. The average molecular weight is 304 g/mol. The van der Waals surface area contributed by atoms with E-state index in [2.05, 4.69) is 41.5 Å². The Morgan fingerprint density at radius 1 is 1.33 bits per heavy atom. The second kappa shape index (κ2) is 6.37. The lowest BCUT2D eigenvalue weighted by atomic mass is 10.1. The SMILES string of the molecule is Cc1ccc(Cc2nc(C(=O)NC(C)(C)CO)cs2)cc1. The number of carbonyl (C=O) groups is 1. The summed E-state index contributed by atoms with van der Waals surface area (Å²) < 4.78 is 0. The Morgan fingerprint density at radius 2 is 2.00 bits per heavy atom. The van der Waals surface area contributed by atoms with Crippen LogP contribution in [0.3, 0.4) is 0 Å². The van der Waals surface area contributed by atoms with Crippen molar-refractivity contribution >= 4 is 17.2 Å². The number of hydrogen-bond acceptors (Lipinski definition) is 4. The molecule has 0 spiro atoms. The summed E-state index contributed by atoms with van der Waals surface area (Å²) in [7, 11) is 0. The zero-order chi connectivity index (χ0) is 15.5. The third-order valence-electron chi connectivity index (χ3n) is 3.11. The summed E-state index contributed by atoms with van der Waals surface area (Å²) in [6, 6.07) is 8.29. The first-order valence-electron chi connectivity index (χ1n) is 6.83. The van der Waals surface area contributed by atoms with Gasteiger partial charge in [-0.25, -0.2) is 4.98 Å². The van der Waals surface area contributed by atoms with Crippen molar-refractivity contribution in [1.82, 2.24) is 10.3 Å². The van der Waals surface area contributed by atoms with Gasteiger partial charge in [0.1, 0.15) is 5.69 Å². The number of nitrogens with zero attached hydrogens (tertiary/aromatic N) is 1. The molecule has 0 saturated heterocycles.